The minimum absolute atomic E-state index is 0.0477. The number of rotatable bonds is 6. The summed E-state index contributed by atoms with van der Waals surface area (Å²) in [5.41, 5.74) is 1.47. The molecule has 11 heteroatoms. The molecule has 10 nitrogen and oxygen atoms in total. The van der Waals surface area contributed by atoms with Crippen LogP contribution in [0.5, 0.6) is 11.5 Å². The maximum Gasteiger partial charge on any atom is 0.246 e. The molecule has 0 radical (unpaired) electrons. The Hall–Kier alpha value is -3.99. The number of amides is 1. The molecule has 0 bridgehead atoms. The van der Waals surface area contributed by atoms with Gasteiger partial charge < -0.3 is 24.6 Å². The van der Waals surface area contributed by atoms with E-state index in [0.29, 0.717) is 59.3 Å². The highest BCUT2D eigenvalue weighted by Crippen LogP contribution is 2.37. The van der Waals surface area contributed by atoms with Crippen LogP contribution in [0.3, 0.4) is 0 Å². The maximum atomic E-state index is 12.1. The van der Waals surface area contributed by atoms with Crippen LogP contribution in [-0.2, 0) is 4.79 Å². The van der Waals surface area contributed by atoms with Crippen LogP contribution in [0.2, 0.25) is 0 Å². The standard InChI is InChI=1S/C24H24N6O4S/c1-3-21(32)29-7-8-30-16(13-29)6-9-34-20-10-15(11-25-23(20)30)18-4-5-19(33-2)22(27-18)28-24-26-12-17(14-31)35-24/h3-5,10-12,14,16H,1,6-9,13H2,2H3,(H,26,27,28). The molecule has 5 heterocycles. The van der Waals surface area contributed by atoms with Crippen molar-refractivity contribution in [1.82, 2.24) is 19.9 Å². The Bertz CT molecular complexity index is 1280. The van der Waals surface area contributed by atoms with Crippen molar-refractivity contribution >= 4 is 40.3 Å². The largest absolute Gasteiger partial charge is 0.493 e. The van der Waals surface area contributed by atoms with E-state index in [1.165, 1.54) is 23.6 Å². The van der Waals surface area contributed by atoms with Crippen molar-refractivity contribution in [2.45, 2.75) is 12.5 Å². The SMILES string of the molecule is C=CC(=O)N1CCN2c3ncc(-c4ccc(OC)c(Nc5ncc(C=O)s5)n4)cc3OCCC2C1. The molecule has 180 valence electrons. The molecule has 1 unspecified atom stereocenters. The lowest BCUT2D eigenvalue weighted by Gasteiger charge is -2.40. The Kier molecular flexibility index (Phi) is 6.32. The third kappa shape index (κ3) is 4.54. The van der Waals surface area contributed by atoms with Gasteiger partial charge >= 0.3 is 0 Å². The summed E-state index contributed by atoms with van der Waals surface area (Å²) in [6.07, 6.45) is 6.19. The molecular weight excluding hydrogens is 468 g/mol. The predicted molar refractivity (Wildman–Crippen MR) is 133 cm³/mol. The molecule has 3 aromatic rings. The Morgan fingerprint density at radius 2 is 2.20 bits per heavy atom. The van der Waals surface area contributed by atoms with Crippen LogP contribution in [0.4, 0.5) is 16.8 Å². The number of methoxy groups -OCH3 is 1. The van der Waals surface area contributed by atoms with E-state index < -0.39 is 0 Å². The minimum atomic E-state index is -0.0477. The molecule has 1 fully saturated rings. The first kappa shape index (κ1) is 22.8. The van der Waals surface area contributed by atoms with Gasteiger partial charge in [-0.15, -0.1) is 0 Å². The van der Waals surface area contributed by atoms with E-state index >= 15 is 0 Å². The van der Waals surface area contributed by atoms with Gasteiger partial charge in [0.1, 0.15) is 0 Å². The summed E-state index contributed by atoms with van der Waals surface area (Å²) < 4.78 is 11.5. The first-order valence-electron chi connectivity index (χ1n) is 11.1. The second kappa shape index (κ2) is 9.71. The molecule has 3 aromatic heterocycles. The van der Waals surface area contributed by atoms with Crippen LogP contribution < -0.4 is 19.7 Å². The molecule has 1 N–H and O–H groups in total. The van der Waals surface area contributed by atoms with Crippen LogP contribution in [0.25, 0.3) is 11.3 Å². The van der Waals surface area contributed by atoms with E-state index in [-0.39, 0.29) is 11.9 Å². The average molecular weight is 493 g/mol. The van der Waals surface area contributed by atoms with Crippen molar-refractivity contribution in [3.63, 3.8) is 0 Å². The topological polar surface area (TPSA) is 110 Å². The Balaban J connectivity index is 1.42. The van der Waals surface area contributed by atoms with Gasteiger partial charge in [0.2, 0.25) is 5.91 Å². The van der Waals surface area contributed by atoms with E-state index in [0.717, 1.165) is 24.1 Å². The lowest BCUT2D eigenvalue weighted by molar-refractivity contribution is -0.126. The Morgan fingerprint density at radius 3 is 2.97 bits per heavy atom. The minimum Gasteiger partial charge on any atom is -0.493 e. The first-order chi connectivity index (χ1) is 17.1. The van der Waals surface area contributed by atoms with Crippen molar-refractivity contribution in [3.05, 3.63) is 48.1 Å². The van der Waals surface area contributed by atoms with E-state index in [4.69, 9.17) is 19.4 Å². The van der Waals surface area contributed by atoms with Gasteiger partial charge in [0.25, 0.3) is 0 Å². The molecule has 2 aliphatic rings. The quantitative estimate of drug-likeness (QED) is 0.410. The number of piperazine rings is 1. The molecule has 0 saturated carbocycles. The second-order valence-corrected chi connectivity index (χ2v) is 9.14. The van der Waals surface area contributed by atoms with Crippen molar-refractivity contribution < 1.29 is 19.1 Å². The molecule has 35 heavy (non-hydrogen) atoms. The average Bonchev–Trinajstić information content (AvgIpc) is 3.27. The number of carbonyl (C=O) groups excluding carboxylic acids is 2. The number of hydrogen-bond acceptors (Lipinski definition) is 10. The molecule has 0 aliphatic carbocycles. The molecule has 1 atom stereocenters. The van der Waals surface area contributed by atoms with Gasteiger partial charge in [-0.05, 0) is 24.3 Å². The fraction of sp³-hybridized carbons (Fsp3) is 0.292. The lowest BCUT2D eigenvalue weighted by atomic mass is 10.1. The number of fused-ring (bicyclic) bond motifs is 3. The summed E-state index contributed by atoms with van der Waals surface area (Å²) in [6.45, 7) is 6.04. The summed E-state index contributed by atoms with van der Waals surface area (Å²) in [7, 11) is 1.57. The molecule has 1 saturated heterocycles. The number of pyridine rings is 2. The number of hydrogen-bond donors (Lipinski definition) is 1. The van der Waals surface area contributed by atoms with E-state index in [1.807, 2.05) is 23.1 Å². The van der Waals surface area contributed by atoms with E-state index in [1.54, 1.807) is 13.3 Å². The summed E-state index contributed by atoms with van der Waals surface area (Å²) in [6, 6.07) is 5.75. The number of nitrogens with zero attached hydrogens (tertiary/aromatic N) is 5. The molecule has 0 spiro atoms. The van der Waals surface area contributed by atoms with Crippen molar-refractivity contribution in [1.29, 1.82) is 0 Å². The Morgan fingerprint density at radius 1 is 1.31 bits per heavy atom. The van der Waals surface area contributed by atoms with Crippen molar-refractivity contribution in [2.24, 2.45) is 0 Å². The highest BCUT2D eigenvalue weighted by Gasteiger charge is 2.33. The van der Waals surface area contributed by atoms with Gasteiger partial charge in [-0.2, -0.15) is 0 Å². The predicted octanol–water partition coefficient (Wildman–Crippen LogP) is 3.15. The van der Waals surface area contributed by atoms with Crippen molar-refractivity contribution in [3.8, 4) is 22.8 Å². The Labute approximate surface area is 206 Å². The van der Waals surface area contributed by atoms with E-state index in [9.17, 15) is 9.59 Å². The first-order valence-corrected chi connectivity index (χ1v) is 12.0. The summed E-state index contributed by atoms with van der Waals surface area (Å²) in [4.78, 5) is 41.3. The number of ether oxygens (including phenoxy) is 2. The molecular formula is C24H24N6O4S. The van der Waals surface area contributed by atoms with Gasteiger partial charge in [-0.25, -0.2) is 15.0 Å². The smallest absolute Gasteiger partial charge is 0.246 e. The van der Waals surface area contributed by atoms with Crippen LogP contribution in [-0.4, -0.2) is 71.4 Å². The number of nitrogens with one attached hydrogen (secondary N) is 1. The van der Waals surface area contributed by atoms with E-state index in [2.05, 4.69) is 21.8 Å². The summed E-state index contributed by atoms with van der Waals surface area (Å²) in [5.74, 6) is 2.45. The normalized spacial score (nSPS) is 16.9. The fourth-order valence-corrected chi connectivity index (χ4v) is 4.91. The lowest BCUT2D eigenvalue weighted by Crippen LogP contribution is -2.54. The molecule has 2 aliphatic heterocycles. The van der Waals surface area contributed by atoms with Gasteiger partial charge in [-0.3, -0.25) is 9.59 Å². The van der Waals surface area contributed by atoms with Gasteiger partial charge in [0.15, 0.2) is 34.6 Å². The monoisotopic (exact) mass is 492 g/mol. The fourth-order valence-electron chi connectivity index (χ4n) is 4.28. The van der Waals surface area contributed by atoms with Crippen LogP contribution in [0.15, 0.2) is 43.2 Å². The highest BCUT2D eigenvalue weighted by molar-refractivity contribution is 7.17. The number of thiazole rings is 1. The van der Waals surface area contributed by atoms with Crippen LogP contribution >= 0.6 is 11.3 Å². The van der Waals surface area contributed by atoms with Gasteiger partial charge in [-0.1, -0.05) is 17.9 Å². The van der Waals surface area contributed by atoms with Crippen LogP contribution in [0, 0.1) is 0 Å². The third-order valence-corrected chi connectivity index (χ3v) is 6.86. The summed E-state index contributed by atoms with van der Waals surface area (Å²) in [5, 5.41) is 3.67. The number of carbonyl (C=O) groups is 2. The van der Waals surface area contributed by atoms with Crippen molar-refractivity contribution in [2.75, 3.05) is 43.6 Å². The zero-order valence-corrected chi connectivity index (χ0v) is 20.0. The number of aromatic nitrogens is 3. The number of aldehydes is 1. The van der Waals surface area contributed by atoms with Crippen LogP contribution in [0.1, 0.15) is 16.1 Å². The molecule has 5 rings (SSSR count). The molecule has 0 aromatic carbocycles. The molecule has 1 amide bonds. The highest BCUT2D eigenvalue weighted by atomic mass is 32.1. The van der Waals surface area contributed by atoms with Gasteiger partial charge in [0.05, 0.1) is 36.5 Å². The maximum absolute atomic E-state index is 12.1. The summed E-state index contributed by atoms with van der Waals surface area (Å²) >= 11 is 1.23. The number of anilines is 3. The zero-order valence-electron chi connectivity index (χ0n) is 19.1. The third-order valence-electron chi connectivity index (χ3n) is 6.02. The van der Waals surface area contributed by atoms with Gasteiger partial charge in [0, 0.05) is 37.8 Å². The second-order valence-electron chi connectivity index (χ2n) is 8.08. The zero-order chi connectivity index (χ0) is 24.4.